The maximum Gasteiger partial charge on any atom is 0.333 e. The molecule has 0 aromatic rings. The van der Waals surface area contributed by atoms with Gasteiger partial charge in [-0.25, -0.2) is 4.79 Å². The van der Waals surface area contributed by atoms with Crippen LogP contribution in [0.4, 0.5) is 0 Å². The summed E-state index contributed by atoms with van der Waals surface area (Å²) in [4.78, 5) is 12.3. The van der Waals surface area contributed by atoms with Crippen LogP contribution in [0.25, 0.3) is 0 Å². The van der Waals surface area contributed by atoms with Gasteiger partial charge in [0, 0.05) is 11.0 Å². The third-order valence-corrected chi connectivity index (χ3v) is 6.74. The molecule has 0 amide bonds. The quantitative estimate of drug-likeness (QED) is 0.524. The molecule has 0 aromatic heterocycles. The molecular weight excluding hydrogens is 260 g/mol. The number of fused-ring (bicyclic) bond motifs is 1. The standard InChI is InChI=1S/C19H30O2/c1-4-10-18(13-9-15-7-8-16(15)18)19(11-5-6-12-19)21-17(20)14(2)3/h15-16H,2,4-13H2,1,3H3. The zero-order valence-corrected chi connectivity index (χ0v) is 13.7. The van der Waals surface area contributed by atoms with E-state index in [0.29, 0.717) is 5.57 Å². The SMILES string of the molecule is C=C(C)C(=O)OC1(C2(CCC)CCC3CCC32)CCCC1. The number of hydrogen-bond acceptors (Lipinski definition) is 2. The van der Waals surface area contributed by atoms with Gasteiger partial charge in [0.25, 0.3) is 0 Å². The van der Waals surface area contributed by atoms with Gasteiger partial charge in [0.15, 0.2) is 0 Å². The monoisotopic (exact) mass is 290 g/mol. The van der Waals surface area contributed by atoms with Crippen molar-refractivity contribution in [3.05, 3.63) is 12.2 Å². The van der Waals surface area contributed by atoms with Gasteiger partial charge in [-0.05, 0) is 76.5 Å². The first-order valence-electron chi connectivity index (χ1n) is 8.93. The highest BCUT2D eigenvalue weighted by molar-refractivity contribution is 5.87. The van der Waals surface area contributed by atoms with Crippen molar-refractivity contribution in [1.82, 2.24) is 0 Å². The van der Waals surface area contributed by atoms with E-state index in [4.69, 9.17) is 4.74 Å². The number of hydrogen-bond donors (Lipinski definition) is 0. The van der Waals surface area contributed by atoms with Gasteiger partial charge in [-0.2, -0.15) is 0 Å². The van der Waals surface area contributed by atoms with Gasteiger partial charge in [-0.1, -0.05) is 19.9 Å². The minimum Gasteiger partial charge on any atom is -0.455 e. The Bertz CT molecular complexity index is 429. The molecule has 21 heavy (non-hydrogen) atoms. The van der Waals surface area contributed by atoms with E-state index >= 15 is 0 Å². The van der Waals surface area contributed by atoms with Crippen LogP contribution in [0.15, 0.2) is 12.2 Å². The largest absolute Gasteiger partial charge is 0.455 e. The van der Waals surface area contributed by atoms with Gasteiger partial charge in [-0.15, -0.1) is 0 Å². The van der Waals surface area contributed by atoms with Gasteiger partial charge in [0.2, 0.25) is 0 Å². The van der Waals surface area contributed by atoms with Crippen molar-refractivity contribution in [2.45, 2.75) is 83.7 Å². The summed E-state index contributed by atoms with van der Waals surface area (Å²) in [5, 5.41) is 0. The molecule has 0 spiro atoms. The molecule has 0 saturated heterocycles. The van der Waals surface area contributed by atoms with E-state index in [0.717, 1.165) is 24.7 Å². The van der Waals surface area contributed by atoms with Crippen LogP contribution in [0, 0.1) is 17.3 Å². The van der Waals surface area contributed by atoms with Gasteiger partial charge in [0.05, 0.1) is 0 Å². The predicted molar refractivity (Wildman–Crippen MR) is 84.9 cm³/mol. The fraction of sp³-hybridized carbons (Fsp3) is 0.842. The molecule has 0 aromatic carbocycles. The molecule has 3 rings (SSSR count). The molecule has 2 nitrogen and oxygen atoms in total. The summed E-state index contributed by atoms with van der Waals surface area (Å²) >= 11 is 0. The molecule has 2 heteroatoms. The van der Waals surface area contributed by atoms with E-state index in [1.54, 1.807) is 6.92 Å². The average Bonchev–Trinajstić information content (AvgIpc) is 2.95. The van der Waals surface area contributed by atoms with Crippen LogP contribution >= 0.6 is 0 Å². The van der Waals surface area contributed by atoms with Crippen molar-refractivity contribution in [3.8, 4) is 0 Å². The third kappa shape index (κ3) is 2.17. The Hall–Kier alpha value is -0.790. The maximum absolute atomic E-state index is 12.3. The number of carbonyl (C=O) groups excluding carboxylic acids is 1. The van der Waals surface area contributed by atoms with Gasteiger partial charge < -0.3 is 4.74 Å². The van der Waals surface area contributed by atoms with E-state index in [9.17, 15) is 4.79 Å². The van der Waals surface area contributed by atoms with E-state index in [1.165, 1.54) is 51.4 Å². The summed E-state index contributed by atoms with van der Waals surface area (Å²) in [6, 6.07) is 0. The molecule has 0 radical (unpaired) electrons. The lowest BCUT2D eigenvalue weighted by molar-refractivity contribution is -0.184. The second-order valence-electron chi connectivity index (χ2n) is 7.76. The zero-order valence-electron chi connectivity index (χ0n) is 13.7. The Morgan fingerprint density at radius 3 is 2.38 bits per heavy atom. The highest BCUT2D eigenvalue weighted by atomic mass is 16.6. The fourth-order valence-electron chi connectivity index (χ4n) is 5.73. The number of esters is 1. The maximum atomic E-state index is 12.3. The number of ether oxygens (including phenoxy) is 1. The third-order valence-electron chi connectivity index (χ3n) is 6.74. The van der Waals surface area contributed by atoms with Crippen molar-refractivity contribution in [3.63, 3.8) is 0 Å². The number of carbonyl (C=O) groups is 1. The van der Waals surface area contributed by atoms with Crippen molar-refractivity contribution in [2.24, 2.45) is 17.3 Å². The molecule has 3 aliphatic carbocycles. The summed E-state index contributed by atoms with van der Waals surface area (Å²) in [5.74, 6) is 1.57. The first kappa shape index (κ1) is 15.1. The summed E-state index contributed by atoms with van der Waals surface area (Å²) in [6.45, 7) is 7.86. The van der Waals surface area contributed by atoms with Crippen LogP contribution in [0.5, 0.6) is 0 Å². The van der Waals surface area contributed by atoms with Crippen LogP contribution in [-0.4, -0.2) is 11.6 Å². The van der Waals surface area contributed by atoms with E-state index < -0.39 is 0 Å². The molecule has 3 aliphatic rings. The fourth-order valence-corrected chi connectivity index (χ4v) is 5.73. The Kier molecular flexibility index (Phi) is 3.92. The average molecular weight is 290 g/mol. The summed E-state index contributed by atoms with van der Waals surface area (Å²) < 4.78 is 6.21. The number of rotatable bonds is 5. The van der Waals surface area contributed by atoms with Crippen molar-refractivity contribution >= 4 is 5.97 Å². The predicted octanol–water partition coefficient (Wildman–Crippen LogP) is 5.03. The molecule has 0 bridgehead atoms. The van der Waals surface area contributed by atoms with Crippen molar-refractivity contribution < 1.29 is 9.53 Å². The van der Waals surface area contributed by atoms with Crippen LogP contribution in [0.1, 0.15) is 78.1 Å². The van der Waals surface area contributed by atoms with Gasteiger partial charge in [0.1, 0.15) is 5.60 Å². The Balaban J connectivity index is 1.93. The highest BCUT2D eigenvalue weighted by Gasteiger charge is 2.64. The van der Waals surface area contributed by atoms with Crippen LogP contribution in [0.2, 0.25) is 0 Å². The zero-order chi connectivity index (χ0) is 15.1. The second-order valence-corrected chi connectivity index (χ2v) is 7.76. The summed E-state index contributed by atoms with van der Waals surface area (Å²) in [5.41, 5.74) is 0.640. The van der Waals surface area contributed by atoms with Gasteiger partial charge in [-0.3, -0.25) is 0 Å². The van der Waals surface area contributed by atoms with Crippen molar-refractivity contribution in [2.75, 3.05) is 0 Å². The smallest absolute Gasteiger partial charge is 0.333 e. The molecule has 0 N–H and O–H groups in total. The van der Waals surface area contributed by atoms with E-state index in [-0.39, 0.29) is 17.0 Å². The molecule has 3 unspecified atom stereocenters. The van der Waals surface area contributed by atoms with Gasteiger partial charge >= 0.3 is 5.97 Å². The van der Waals surface area contributed by atoms with Crippen molar-refractivity contribution in [1.29, 1.82) is 0 Å². The lowest BCUT2D eigenvalue weighted by Gasteiger charge is -2.53. The molecular formula is C19H30O2. The summed E-state index contributed by atoms with van der Waals surface area (Å²) in [7, 11) is 0. The second kappa shape index (κ2) is 5.44. The molecule has 0 heterocycles. The lowest BCUT2D eigenvalue weighted by atomic mass is 9.55. The first-order chi connectivity index (χ1) is 10.0. The molecule has 0 aliphatic heterocycles. The van der Waals surface area contributed by atoms with E-state index in [1.807, 2.05) is 0 Å². The minimum absolute atomic E-state index is 0.157. The molecule has 118 valence electrons. The Labute approximate surface area is 129 Å². The summed E-state index contributed by atoms with van der Waals surface area (Å²) in [6.07, 6.45) is 12.4. The topological polar surface area (TPSA) is 26.3 Å². The van der Waals surface area contributed by atoms with Crippen LogP contribution in [0.3, 0.4) is 0 Å². The van der Waals surface area contributed by atoms with Crippen LogP contribution < -0.4 is 0 Å². The molecule has 3 saturated carbocycles. The van der Waals surface area contributed by atoms with E-state index in [2.05, 4.69) is 13.5 Å². The molecule has 3 atom stereocenters. The minimum atomic E-state index is -0.182. The van der Waals surface area contributed by atoms with Crippen LogP contribution in [-0.2, 0) is 9.53 Å². The lowest BCUT2D eigenvalue weighted by Crippen LogP contribution is -2.54. The normalized spacial score (nSPS) is 36.9. The first-order valence-corrected chi connectivity index (χ1v) is 8.93. The Morgan fingerprint density at radius 1 is 1.19 bits per heavy atom. The Morgan fingerprint density at radius 2 is 1.90 bits per heavy atom. The highest BCUT2D eigenvalue weighted by Crippen LogP contribution is 2.67. The molecule has 3 fully saturated rings.